The van der Waals surface area contributed by atoms with Crippen molar-refractivity contribution in [2.75, 3.05) is 0 Å². The molecule has 0 saturated heterocycles. The number of pyridine rings is 1. The Balaban J connectivity index is 2.67. The van der Waals surface area contributed by atoms with Crippen molar-refractivity contribution < 1.29 is 0 Å². The Kier molecular flexibility index (Phi) is 2.00. The van der Waals surface area contributed by atoms with E-state index < -0.39 is 0 Å². The molecule has 0 spiro atoms. The maximum Gasteiger partial charge on any atom is 0.0506 e. The first-order valence-electron chi connectivity index (χ1n) is 3.84. The average Bonchev–Trinajstić information content (AvgIpc) is 2.17. The summed E-state index contributed by atoms with van der Waals surface area (Å²) in [6.45, 7) is 0. The minimum Gasteiger partial charge on any atom is -0.260 e. The summed E-state index contributed by atoms with van der Waals surface area (Å²) in [5.74, 6) is 0.699. The van der Waals surface area contributed by atoms with Gasteiger partial charge in [-0.3, -0.25) is 4.98 Å². The molecule has 2 heteroatoms. The maximum atomic E-state index is 4.25. The van der Waals surface area contributed by atoms with E-state index in [1.165, 1.54) is 10.8 Å². The number of fused-ring (bicyclic) bond motifs is 1. The zero-order valence-corrected chi connectivity index (χ0v) is 7.46. The molecular formula is C10H9NS. The Bertz CT molecular complexity index is 398. The van der Waals surface area contributed by atoms with E-state index in [0.29, 0.717) is 5.75 Å². The van der Waals surface area contributed by atoms with Gasteiger partial charge in [-0.25, -0.2) is 0 Å². The Labute approximate surface area is 76.9 Å². The van der Waals surface area contributed by atoms with Gasteiger partial charge in [0.2, 0.25) is 0 Å². The molecule has 1 heterocycles. The van der Waals surface area contributed by atoms with Crippen LogP contribution in [0, 0.1) is 0 Å². The van der Waals surface area contributed by atoms with Crippen LogP contribution in [-0.2, 0) is 5.75 Å². The fourth-order valence-electron chi connectivity index (χ4n) is 1.22. The second-order valence-corrected chi connectivity index (χ2v) is 3.00. The van der Waals surface area contributed by atoms with Gasteiger partial charge in [-0.05, 0) is 11.5 Å². The number of benzene rings is 1. The number of aromatic nitrogens is 1. The van der Waals surface area contributed by atoms with E-state index in [2.05, 4.69) is 35.8 Å². The van der Waals surface area contributed by atoms with Gasteiger partial charge in [-0.2, -0.15) is 12.6 Å². The van der Waals surface area contributed by atoms with Gasteiger partial charge in [0.15, 0.2) is 0 Å². The van der Waals surface area contributed by atoms with Gasteiger partial charge in [-0.1, -0.05) is 24.3 Å². The number of thiol groups is 1. The molecule has 0 N–H and O–H groups in total. The zero-order chi connectivity index (χ0) is 8.39. The highest BCUT2D eigenvalue weighted by Crippen LogP contribution is 2.13. The topological polar surface area (TPSA) is 12.9 Å². The summed E-state index contributed by atoms with van der Waals surface area (Å²) in [4.78, 5) is 4.25. The van der Waals surface area contributed by atoms with Crippen LogP contribution in [-0.4, -0.2) is 4.98 Å². The summed E-state index contributed by atoms with van der Waals surface area (Å²) in [5, 5.41) is 2.42. The molecule has 0 aliphatic heterocycles. The molecule has 0 radical (unpaired) electrons. The third-order valence-corrected chi connectivity index (χ3v) is 2.17. The van der Waals surface area contributed by atoms with E-state index in [-0.39, 0.29) is 0 Å². The monoisotopic (exact) mass is 175 g/mol. The second-order valence-electron chi connectivity index (χ2n) is 2.68. The van der Waals surface area contributed by atoms with E-state index in [9.17, 15) is 0 Å². The molecule has 1 aromatic heterocycles. The van der Waals surface area contributed by atoms with E-state index in [1.807, 2.05) is 18.3 Å². The largest absolute Gasteiger partial charge is 0.260 e. The third-order valence-electron chi connectivity index (χ3n) is 1.85. The third kappa shape index (κ3) is 1.30. The first kappa shape index (κ1) is 7.62. The highest BCUT2D eigenvalue weighted by Gasteiger charge is 1.93. The number of rotatable bonds is 1. The lowest BCUT2D eigenvalue weighted by Gasteiger charge is -1.98. The highest BCUT2D eigenvalue weighted by atomic mass is 32.1. The standard InChI is InChI=1S/C10H9NS/c12-7-10-5-8-3-1-2-4-9(8)6-11-10/h1-6,12H,7H2. The van der Waals surface area contributed by atoms with Crippen molar-refractivity contribution in [1.29, 1.82) is 0 Å². The molecular weight excluding hydrogens is 166 g/mol. The van der Waals surface area contributed by atoms with Gasteiger partial charge in [-0.15, -0.1) is 0 Å². The molecule has 1 aromatic carbocycles. The van der Waals surface area contributed by atoms with Crippen molar-refractivity contribution in [2.24, 2.45) is 0 Å². The molecule has 2 aromatic rings. The average molecular weight is 175 g/mol. The maximum absolute atomic E-state index is 4.25. The van der Waals surface area contributed by atoms with Crippen LogP contribution in [0.5, 0.6) is 0 Å². The first-order chi connectivity index (χ1) is 5.90. The fraction of sp³-hybridized carbons (Fsp3) is 0.100. The van der Waals surface area contributed by atoms with E-state index >= 15 is 0 Å². The van der Waals surface area contributed by atoms with Gasteiger partial charge in [0.25, 0.3) is 0 Å². The molecule has 0 unspecified atom stereocenters. The summed E-state index contributed by atoms with van der Waals surface area (Å²) in [7, 11) is 0. The minimum atomic E-state index is 0.699. The molecule has 0 bridgehead atoms. The highest BCUT2D eigenvalue weighted by molar-refractivity contribution is 7.79. The molecule has 0 saturated carbocycles. The zero-order valence-electron chi connectivity index (χ0n) is 6.57. The fourth-order valence-corrected chi connectivity index (χ4v) is 1.39. The van der Waals surface area contributed by atoms with Crippen LogP contribution in [0.15, 0.2) is 36.5 Å². The molecule has 0 aliphatic rings. The summed E-state index contributed by atoms with van der Waals surface area (Å²) >= 11 is 4.17. The van der Waals surface area contributed by atoms with Gasteiger partial charge >= 0.3 is 0 Å². The molecule has 60 valence electrons. The van der Waals surface area contributed by atoms with Crippen LogP contribution < -0.4 is 0 Å². The van der Waals surface area contributed by atoms with Gasteiger partial charge in [0.1, 0.15) is 0 Å². The van der Waals surface area contributed by atoms with Crippen molar-refractivity contribution in [3.05, 3.63) is 42.2 Å². The summed E-state index contributed by atoms with van der Waals surface area (Å²) in [5.41, 5.74) is 1.03. The van der Waals surface area contributed by atoms with Crippen LogP contribution in [0.4, 0.5) is 0 Å². The quantitative estimate of drug-likeness (QED) is 0.657. The van der Waals surface area contributed by atoms with Crippen molar-refractivity contribution in [2.45, 2.75) is 5.75 Å². The number of hydrogen-bond donors (Lipinski definition) is 1. The Hall–Kier alpha value is -1.02. The van der Waals surface area contributed by atoms with E-state index in [4.69, 9.17) is 0 Å². The smallest absolute Gasteiger partial charge is 0.0506 e. The molecule has 12 heavy (non-hydrogen) atoms. The van der Waals surface area contributed by atoms with Crippen LogP contribution >= 0.6 is 12.6 Å². The molecule has 1 nitrogen and oxygen atoms in total. The van der Waals surface area contributed by atoms with E-state index in [1.54, 1.807) is 0 Å². The van der Waals surface area contributed by atoms with Gasteiger partial charge < -0.3 is 0 Å². The van der Waals surface area contributed by atoms with E-state index in [0.717, 1.165) is 5.69 Å². The molecule has 0 aliphatic carbocycles. The van der Waals surface area contributed by atoms with Crippen molar-refractivity contribution in [3.63, 3.8) is 0 Å². The summed E-state index contributed by atoms with van der Waals surface area (Å²) < 4.78 is 0. The van der Waals surface area contributed by atoms with Crippen molar-refractivity contribution in [1.82, 2.24) is 4.98 Å². The Morgan fingerprint density at radius 1 is 1.17 bits per heavy atom. The number of nitrogens with zero attached hydrogens (tertiary/aromatic N) is 1. The number of hydrogen-bond acceptors (Lipinski definition) is 2. The Morgan fingerprint density at radius 3 is 2.67 bits per heavy atom. The lowest BCUT2D eigenvalue weighted by atomic mass is 10.1. The second kappa shape index (κ2) is 3.15. The van der Waals surface area contributed by atoms with Crippen molar-refractivity contribution in [3.8, 4) is 0 Å². The molecule has 0 amide bonds. The summed E-state index contributed by atoms with van der Waals surface area (Å²) in [6, 6.07) is 10.3. The minimum absolute atomic E-state index is 0.699. The predicted molar refractivity (Wildman–Crippen MR) is 54.4 cm³/mol. The van der Waals surface area contributed by atoms with Gasteiger partial charge in [0.05, 0.1) is 5.69 Å². The summed E-state index contributed by atoms with van der Waals surface area (Å²) in [6.07, 6.45) is 1.89. The van der Waals surface area contributed by atoms with Crippen LogP contribution in [0.2, 0.25) is 0 Å². The van der Waals surface area contributed by atoms with Gasteiger partial charge in [0, 0.05) is 17.3 Å². The van der Waals surface area contributed by atoms with Crippen LogP contribution in [0.3, 0.4) is 0 Å². The lowest BCUT2D eigenvalue weighted by Crippen LogP contribution is -1.83. The lowest BCUT2D eigenvalue weighted by molar-refractivity contribution is 1.20. The molecule has 0 atom stereocenters. The first-order valence-corrected chi connectivity index (χ1v) is 4.48. The molecule has 2 rings (SSSR count). The predicted octanol–water partition coefficient (Wildman–Crippen LogP) is 2.66. The Morgan fingerprint density at radius 2 is 1.92 bits per heavy atom. The molecule has 0 fully saturated rings. The van der Waals surface area contributed by atoms with Crippen LogP contribution in [0.1, 0.15) is 5.69 Å². The normalized spacial score (nSPS) is 10.4. The SMILES string of the molecule is SCc1cc2ccccc2cn1. The van der Waals surface area contributed by atoms with Crippen molar-refractivity contribution >= 4 is 23.4 Å². The van der Waals surface area contributed by atoms with Crippen LogP contribution in [0.25, 0.3) is 10.8 Å².